The van der Waals surface area contributed by atoms with Crippen molar-refractivity contribution in [2.45, 2.75) is 93.9 Å². The van der Waals surface area contributed by atoms with Gasteiger partial charge in [-0.2, -0.15) is 0 Å². The van der Waals surface area contributed by atoms with Crippen LogP contribution in [-0.4, -0.2) is 0 Å². The summed E-state index contributed by atoms with van der Waals surface area (Å²) in [6, 6.07) is 4.57. The van der Waals surface area contributed by atoms with Gasteiger partial charge in [0.2, 0.25) is 0 Å². The van der Waals surface area contributed by atoms with E-state index in [2.05, 4.69) is 107 Å². The van der Waals surface area contributed by atoms with Crippen LogP contribution in [0.5, 0.6) is 5.95 Å². The summed E-state index contributed by atoms with van der Waals surface area (Å²) in [7, 11) is 0. The van der Waals surface area contributed by atoms with Crippen molar-refractivity contribution in [1.82, 2.24) is 0 Å². The number of fused-ring (bicyclic) bond motifs is 3. The Hall–Kier alpha value is -1.96. The standard InChI is InChI=1S/C28H40O2/c1-25(2,3)17-13-19-23-20(27(7,8)9)14-18(26(4,5)6)15-21(23)29-24(19)30-22(16-17)28(10,11)12/h13-16H,1-12H3. The lowest BCUT2D eigenvalue weighted by Crippen LogP contribution is -2.16. The van der Waals surface area contributed by atoms with Gasteiger partial charge in [0.15, 0.2) is 0 Å². The van der Waals surface area contributed by atoms with Crippen molar-refractivity contribution in [1.29, 1.82) is 0 Å². The van der Waals surface area contributed by atoms with E-state index in [0.717, 1.165) is 16.9 Å². The molecule has 0 spiro atoms. The summed E-state index contributed by atoms with van der Waals surface area (Å²) in [5.74, 6) is 1.55. The Morgan fingerprint density at radius 1 is 0.633 bits per heavy atom. The van der Waals surface area contributed by atoms with E-state index in [1.807, 2.05) is 0 Å². The van der Waals surface area contributed by atoms with Crippen LogP contribution in [0.3, 0.4) is 0 Å². The molecule has 0 saturated heterocycles. The quantitative estimate of drug-likeness (QED) is 0.434. The third kappa shape index (κ3) is 4.24. The van der Waals surface area contributed by atoms with Gasteiger partial charge in [0.05, 0.1) is 5.56 Å². The van der Waals surface area contributed by atoms with Crippen molar-refractivity contribution in [3.05, 3.63) is 46.2 Å². The summed E-state index contributed by atoms with van der Waals surface area (Å²) in [6.07, 6.45) is 4.49. The molecule has 0 atom stereocenters. The first-order valence-electron chi connectivity index (χ1n) is 11.1. The highest BCUT2D eigenvalue weighted by atomic mass is 16.6. The fraction of sp³-hybridized carbons (Fsp3) is 0.571. The van der Waals surface area contributed by atoms with E-state index >= 15 is 0 Å². The Balaban J connectivity index is 2.42. The van der Waals surface area contributed by atoms with Gasteiger partial charge in [0.25, 0.3) is 5.95 Å². The molecule has 1 aliphatic heterocycles. The largest absolute Gasteiger partial charge is 0.429 e. The maximum Gasteiger partial charge on any atom is 0.298 e. The van der Waals surface area contributed by atoms with Crippen LogP contribution in [-0.2, 0) is 10.8 Å². The van der Waals surface area contributed by atoms with Gasteiger partial charge in [-0.1, -0.05) is 89.2 Å². The number of rotatable bonds is 0. The van der Waals surface area contributed by atoms with Crippen LogP contribution in [0, 0.1) is 10.8 Å². The lowest BCUT2D eigenvalue weighted by atomic mass is 9.78. The molecule has 0 N–H and O–H groups in total. The number of allylic oxidation sites excluding steroid dienone is 3. The lowest BCUT2D eigenvalue weighted by molar-refractivity contribution is 0.246. The number of furan rings is 1. The van der Waals surface area contributed by atoms with Gasteiger partial charge < -0.3 is 9.15 Å². The number of benzene rings is 1. The van der Waals surface area contributed by atoms with Crippen molar-refractivity contribution in [3.8, 4) is 5.95 Å². The van der Waals surface area contributed by atoms with Gasteiger partial charge in [-0.3, -0.25) is 0 Å². The minimum absolute atomic E-state index is 0.00168. The van der Waals surface area contributed by atoms with Crippen molar-refractivity contribution in [3.63, 3.8) is 0 Å². The van der Waals surface area contributed by atoms with E-state index in [0.29, 0.717) is 5.95 Å². The summed E-state index contributed by atoms with van der Waals surface area (Å²) in [4.78, 5) is 0. The minimum atomic E-state index is -0.117. The summed E-state index contributed by atoms with van der Waals surface area (Å²) < 4.78 is 12.9. The monoisotopic (exact) mass is 408 g/mol. The molecule has 2 heterocycles. The van der Waals surface area contributed by atoms with Gasteiger partial charge >= 0.3 is 0 Å². The fourth-order valence-electron chi connectivity index (χ4n) is 3.73. The van der Waals surface area contributed by atoms with E-state index in [4.69, 9.17) is 9.15 Å². The maximum atomic E-state index is 6.47. The highest BCUT2D eigenvalue weighted by Crippen LogP contribution is 2.47. The van der Waals surface area contributed by atoms with Crippen LogP contribution in [0.15, 0.2) is 34.0 Å². The van der Waals surface area contributed by atoms with Crippen molar-refractivity contribution < 1.29 is 9.15 Å². The Morgan fingerprint density at radius 2 is 1.23 bits per heavy atom. The molecule has 1 aromatic carbocycles. The van der Waals surface area contributed by atoms with E-state index < -0.39 is 0 Å². The molecule has 0 saturated carbocycles. The summed E-state index contributed by atoms with van der Waals surface area (Å²) >= 11 is 0. The molecule has 30 heavy (non-hydrogen) atoms. The SMILES string of the molecule is CC(C)(C)C1=Cc2c(oc3cc(C(C)(C)C)cc(C(C)(C)C)c23)OC(C(C)(C)C)=C1. The van der Waals surface area contributed by atoms with Crippen LogP contribution in [0.25, 0.3) is 17.0 Å². The first-order valence-corrected chi connectivity index (χ1v) is 11.1. The zero-order valence-corrected chi connectivity index (χ0v) is 21.1. The Bertz CT molecular complexity index is 1030. The second-order valence-electron chi connectivity index (χ2n) is 12.9. The molecule has 1 aromatic heterocycles. The highest BCUT2D eigenvalue weighted by Gasteiger charge is 2.32. The van der Waals surface area contributed by atoms with Crippen molar-refractivity contribution in [2.24, 2.45) is 10.8 Å². The Morgan fingerprint density at radius 3 is 1.70 bits per heavy atom. The van der Waals surface area contributed by atoms with E-state index in [1.54, 1.807) is 0 Å². The average molecular weight is 409 g/mol. The van der Waals surface area contributed by atoms with Crippen molar-refractivity contribution in [2.75, 3.05) is 0 Å². The third-order valence-corrected chi connectivity index (χ3v) is 5.86. The van der Waals surface area contributed by atoms with Crippen LogP contribution in [0.4, 0.5) is 0 Å². The topological polar surface area (TPSA) is 22.4 Å². The lowest BCUT2D eigenvalue weighted by Gasteiger charge is -2.26. The first kappa shape index (κ1) is 22.7. The van der Waals surface area contributed by atoms with Gasteiger partial charge in [-0.25, -0.2) is 0 Å². The van der Waals surface area contributed by atoms with E-state index in [1.165, 1.54) is 22.1 Å². The predicted molar refractivity (Wildman–Crippen MR) is 129 cm³/mol. The number of ether oxygens (including phenoxy) is 1. The van der Waals surface area contributed by atoms with E-state index in [9.17, 15) is 0 Å². The molecular weight excluding hydrogens is 368 g/mol. The zero-order chi connectivity index (χ0) is 22.9. The zero-order valence-electron chi connectivity index (χ0n) is 21.1. The predicted octanol–water partition coefficient (Wildman–Crippen LogP) is 8.78. The average Bonchev–Trinajstić information content (AvgIpc) is 2.73. The maximum absolute atomic E-state index is 6.47. The molecule has 3 rings (SSSR count). The molecule has 0 fully saturated rings. The molecule has 164 valence electrons. The molecule has 1 aliphatic rings. The van der Waals surface area contributed by atoms with Gasteiger partial charge in [0.1, 0.15) is 11.3 Å². The van der Waals surface area contributed by atoms with Crippen LogP contribution >= 0.6 is 0 Å². The highest BCUT2D eigenvalue weighted by molar-refractivity contribution is 5.95. The van der Waals surface area contributed by atoms with Crippen LogP contribution < -0.4 is 4.74 Å². The van der Waals surface area contributed by atoms with Gasteiger partial charge in [-0.05, 0) is 51.2 Å². The molecule has 2 heteroatoms. The molecule has 0 radical (unpaired) electrons. The molecule has 2 nitrogen and oxygen atoms in total. The fourth-order valence-corrected chi connectivity index (χ4v) is 3.73. The molecule has 0 bridgehead atoms. The summed E-state index contributed by atoms with van der Waals surface area (Å²) in [6.45, 7) is 26.9. The normalized spacial score (nSPS) is 16.0. The van der Waals surface area contributed by atoms with Gasteiger partial charge in [0, 0.05) is 10.8 Å². The van der Waals surface area contributed by atoms with Crippen molar-refractivity contribution >= 4 is 17.0 Å². The third-order valence-electron chi connectivity index (χ3n) is 5.86. The van der Waals surface area contributed by atoms with Gasteiger partial charge in [-0.15, -0.1) is 0 Å². The summed E-state index contributed by atoms with van der Waals surface area (Å²) in [5.41, 5.74) is 5.74. The molecule has 0 unspecified atom stereocenters. The number of hydrogen-bond acceptors (Lipinski definition) is 2. The second kappa shape index (κ2) is 6.77. The molecule has 2 aromatic rings. The second-order valence-corrected chi connectivity index (χ2v) is 12.9. The minimum Gasteiger partial charge on any atom is -0.429 e. The van der Waals surface area contributed by atoms with Crippen LogP contribution in [0.1, 0.15) is 99.8 Å². The molecular formula is C28H40O2. The summed E-state index contributed by atoms with van der Waals surface area (Å²) in [5, 5.41) is 1.18. The molecule has 0 aliphatic carbocycles. The van der Waals surface area contributed by atoms with E-state index in [-0.39, 0.29) is 21.7 Å². The first-order chi connectivity index (χ1) is 13.4. The smallest absolute Gasteiger partial charge is 0.298 e. The molecule has 0 amide bonds. The number of hydrogen-bond donors (Lipinski definition) is 0. The Kier molecular flexibility index (Phi) is 5.13. The Labute approximate surface area is 183 Å². The van der Waals surface area contributed by atoms with Crippen LogP contribution in [0.2, 0.25) is 0 Å².